The number of carboxylic acid groups (broad SMARTS) is 2. The molecule has 1 atom stereocenters. The lowest BCUT2D eigenvalue weighted by molar-refractivity contribution is -0.140. The molecule has 0 saturated carbocycles. The Bertz CT molecular complexity index is 846. The molecule has 0 bridgehead atoms. The molecule has 0 heterocycles. The Morgan fingerprint density at radius 3 is 2.30 bits per heavy atom. The SMILES string of the molecule is O=C(O)CC[C@@H](NS(=O)(=O)c1ccc2ccccc2c1)C(=O)O. The summed E-state index contributed by atoms with van der Waals surface area (Å²) in [6, 6.07) is 10.1. The van der Waals surface area contributed by atoms with Crippen LogP contribution in [0, 0.1) is 0 Å². The van der Waals surface area contributed by atoms with Crippen molar-refractivity contribution in [3.8, 4) is 0 Å². The number of sulfonamides is 1. The molecule has 0 aliphatic heterocycles. The second kappa shape index (κ2) is 6.76. The molecule has 3 N–H and O–H groups in total. The summed E-state index contributed by atoms with van der Waals surface area (Å²) in [7, 11) is -4.07. The van der Waals surface area contributed by atoms with E-state index in [2.05, 4.69) is 0 Å². The zero-order chi connectivity index (χ0) is 17.0. The maximum atomic E-state index is 12.3. The minimum Gasteiger partial charge on any atom is -0.481 e. The van der Waals surface area contributed by atoms with E-state index in [9.17, 15) is 18.0 Å². The van der Waals surface area contributed by atoms with Crippen LogP contribution >= 0.6 is 0 Å². The molecule has 0 spiro atoms. The highest BCUT2D eigenvalue weighted by Crippen LogP contribution is 2.19. The molecule has 0 aliphatic rings. The van der Waals surface area contributed by atoms with Gasteiger partial charge in [0.1, 0.15) is 6.04 Å². The summed E-state index contributed by atoms with van der Waals surface area (Å²) in [6.45, 7) is 0. The number of carbonyl (C=O) groups is 2. The fourth-order valence-electron chi connectivity index (χ4n) is 2.09. The summed E-state index contributed by atoms with van der Waals surface area (Å²) >= 11 is 0. The molecule has 2 aromatic carbocycles. The third-order valence-corrected chi connectivity index (χ3v) is 4.74. The Balaban J connectivity index is 2.27. The predicted molar refractivity (Wildman–Crippen MR) is 82.6 cm³/mol. The fraction of sp³-hybridized carbons (Fsp3) is 0.200. The number of nitrogens with one attached hydrogen (secondary N) is 1. The lowest BCUT2D eigenvalue weighted by Crippen LogP contribution is -2.41. The van der Waals surface area contributed by atoms with Crippen molar-refractivity contribution in [1.29, 1.82) is 0 Å². The molecule has 7 nitrogen and oxygen atoms in total. The minimum atomic E-state index is -4.07. The summed E-state index contributed by atoms with van der Waals surface area (Å²) in [5.74, 6) is -2.61. The average molecular weight is 337 g/mol. The predicted octanol–water partition coefficient (Wildman–Crippen LogP) is 1.44. The highest BCUT2D eigenvalue weighted by Gasteiger charge is 2.26. The van der Waals surface area contributed by atoms with Crippen molar-refractivity contribution in [2.24, 2.45) is 0 Å². The van der Waals surface area contributed by atoms with Gasteiger partial charge in [0, 0.05) is 6.42 Å². The fourth-order valence-corrected chi connectivity index (χ4v) is 3.35. The Morgan fingerprint density at radius 2 is 1.70 bits per heavy atom. The van der Waals surface area contributed by atoms with Crippen LogP contribution < -0.4 is 4.72 Å². The molecule has 0 radical (unpaired) electrons. The molecule has 8 heteroatoms. The number of carboxylic acids is 2. The van der Waals surface area contributed by atoms with Gasteiger partial charge in [0.15, 0.2) is 0 Å². The Labute approximate surface area is 132 Å². The molecule has 0 aliphatic carbocycles. The summed E-state index contributed by atoms with van der Waals surface area (Å²) in [5, 5.41) is 19.2. The van der Waals surface area contributed by atoms with Gasteiger partial charge in [0.05, 0.1) is 4.90 Å². The van der Waals surface area contributed by atoms with Gasteiger partial charge in [-0.15, -0.1) is 0 Å². The summed E-state index contributed by atoms with van der Waals surface area (Å²) in [5.41, 5.74) is 0. The molecule has 0 fully saturated rings. The molecule has 0 unspecified atom stereocenters. The summed E-state index contributed by atoms with van der Waals surface area (Å²) < 4.78 is 26.7. The van der Waals surface area contributed by atoms with Crippen LogP contribution in [0.1, 0.15) is 12.8 Å². The highest BCUT2D eigenvalue weighted by molar-refractivity contribution is 7.89. The van der Waals surface area contributed by atoms with Gasteiger partial charge in [0.2, 0.25) is 10.0 Å². The van der Waals surface area contributed by atoms with Crippen LogP contribution in [0.5, 0.6) is 0 Å². The quantitative estimate of drug-likeness (QED) is 0.703. The number of rotatable bonds is 7. The van der Waals surface area contributed by atoms with Gasteiger partial charge in [-0.3, -0.25) is 9.59 Å². The standard InChI is InChI=1S/C15H15NO6S/c17-14(18)8-7-13(15(19)20)16-23(21,22)12-6-5-10-3-1-2-4-11(10)9-12/h1-6,9,13,16H,7-8H2,(H,17,18)(H,19,20)/t13-/m1/s1. The van der Waals surface area contributed by atoms with Crippen molar-refractivity contribution < 1.29 is 28.2 Å². The number of hydrogen-bond donors (Lipinski definition) is 3. The molecule has 2 rings (SSSR count). The van der Waals surface area contributed by atoms with Crippen molar-refractivity contribution in [2.45, 2.75) is 23.8 Å². The first-order valence-electron chi connectivity index (χ1n) is 6.75. The van der Waals surface area contributed by atoms with Crippen LogP contribution in [0.15, 0.2) is 47.4 Å². The lowest BCUT2D eigenvalue weighted by atomic mass is 10.1. The minimum absolute atomic E-state index is 0.0715. The van der Waals surface area contributed by atoms with Gasteiger partial charge in [-0.1, -0.05) is 30.3 Å². The van der Waals surface area contributed by atoms with Crippen LogP contribution in [-0.2, 0) is 19.6 Å². The van der Waals surface area contributed by atoms with Gasteiger partial charge < -0.3 is 10.2 Å². The lowest BCUT2D eigenvalue weighted by Gasteiger charge is -2.14. The second-order valence-electron chi connectivity index (χ2n) is 4.95. The normalized spacial score (nSPS) is 12.9. The van der Waals surface area contributed by atoms with E-state index in [4.69, 9.17) is 10.2 Å². The summed E-state index contributed by atoms with van der Waals surface area (Å²) in [4.78, 5) is 21.6. The number of benzene rings is 2. The number of fused-ring (bicyclic) bond motifs is 1. The van der Waals surface area contributed by atoms with E-state index >= 15 is 0 Å². The first kappa shape index (κ1) is 16.9. The van der Waals surface area contributed by atoms with E-state index in [1.807, 2.05) is 16.9 Å². The van der Waals surface area contributed by atoms with E-state index in [-0.39, 0.29) is 11.3 Å². The zero-order valence-electron chi connectivity index (χ0n) is 12.0. The smallest absolute Gasteiger partial charge is 0.321 e. The Hall–Kier alpha value is -2.45. The van der Waals surface area contributed by atoms with Gasteiger partial charge in [-0.25, -0.2) is 8.42 Å². The topological polar surface area (TPSA) is 121 Å². The highest BCUT2D eigenvalue weighted by atomic mass is 32.2. The van der Waals surface area contributed by atoms with Crippen LogP contribution in [0.2, 0.25) is 0 Å². The first-order chi connectivity index (χ1) is 10.8. The Morgan fingerprint density at radius 1 is 1.04 bits per heavy atom. The number of aliphatic carboxylic acids is 2. The van der Waals surface area contributed by atoms with Crippen LogP contribution in [0.25, 0.3) is 10.8 Å². The molecule has 0 saturated heterocycles. The average Bonchev–Trinajstić information content (AvgIpc) is 2.50. The van der Waals surface area contributed by atoms with Crippen molar-refractivity contribution in [2.75, 3.05) is 0 Å². The molecule has 122 valence electrons. The van der Waals surface area contributed by atoms with Crippen LogP contribution in [0.3, 0.4) is 0 Å². The molecular formula is C15H15NO6S. The van der Waals surface area contributed by atoms with Gasteiger partial charge >= 0.3 is 11.9 Å². The van der Waals surface area contributed by atoms with E-state index < -0.39 is 34.4 Å². The third kappa shape index (κ3) is 4.27. The zero-order valence-corrected chi connectivity index (χ0v) is 12.8. The van der Waals surface area contributed by atoms with Crippen molar-refractivity contribution in [3.05, 3.63) is 42.5 Å². The largest absolute Gasteiger partial charge is 0.481 e. The monoisotopic (exact) mass is 337 g/mol. The second-order valence-corrected chi connectivity index (χ2v) is 6.67. The third-order valence-electron chi connectivity index (χ3n) is 3.27. The van der Waals surface area contributed by atoms with Crippen molar-refractivity contribution in [3.63, 3.8) is 0 Å². The van der Waals surface area contributed by atoms with Crippen LogP contribution in [-0.4, -0.2) is 36.6 Å². The van der Waals surface area contributed by atoms with E-state index in [1.165, 1.54) is 12.1 Å². The molecule has 23 heavy (non-hydrogen) atoms. The molecule has 2 aromatic rings. The molecule has 0 amide bonds. The van der Waals surface area contributed by atoms with Crippen molar-refractivity contribution in [1.82, 2.24) is 4.72 Å². The van der Waals surface area contributed by atoms with Crippen LogP contribution in [0.4, 0.5) is 0 Å². The molecular weight excluding hydrogens is 322 g/mol. The summed E-state index contributed by atoms with van der Waals surface area (Å²) in [6.07, 6.45) is -0.783. The van der Waals surface area contributed by atoms with Gasteiger partial charge in [-0.05, 0) is 29.3 Å². The van der Waals surface area contributed by atoms with Crippen molar-refractivity contribution >= 4 is 32.7 Å². The van der Waals surface area contributed by atoms with E-state index in [0.717, 1.165) is 5.39 Å². The maximum Gasteiger partial charge on any atom is 0.321 e. The van der Waals surface area contributed by atoms with Gasteiger partial charge in [0.25, 0.3) is 0 Å². The first-order valence-corrected chi connectivity index (χ1v) is 8.23. The van der Waals surface area contributed by atoms with E-state index in [1.54, 1.807) is 18.2 Å². The van der Waals surface area contributed by atoms with Gasteiger partial charge in [-0.2, -0.15) is 4.72 Å². The maximum absolute atomic E-state index is 12.3. The van der Waals surface area contributed by atoms with E-state index in [0.29, 0.717) is 5.39 Å². The number of hydrogen-bond acceptors (Lipinski definition) is 4. The molecule has 0 aromatic heterocycles. The Kier molecular flexibility index (Phi) is 4.97.